The van der Waals surface area contributed by atoms with E-state index in [9.17, 15) is 4.79 Å². The third-order valence-electron chi connectivity index (χ3n) is 2.84. The molecule has 0 aliphatic rings. The third kappa shape index (κ3) is 4.46. The molecule has 4 nitrogen and oxygen atoms in total. The molecule has 0 aliphatic heterocycles. The van der Waals surface area contributed by atoms with E-state index in [4.69, 9.17) is 4.74 Å². The van der Waals surface area contributed by atoms with Crippen molar-refractivity contribution in [2.75, 3.05) is 27.2 Å². The number of thiophene rings is 1. The van der Waals surface area contributed by atoms with E-state index in [2.05, 4.69) is 10.6 Å². The zero-order chi connectivity index (χ0) is 14.4. The van der Waals surface area contributed by atoms with Gasteiger partial charge in [-0.25, -0.2) is 0 Å². The SMILES string of the molecule is CNCCNC(=O)c1sc(-c2ccccc2)cc1OC.Cl. The minimum absolute atomic E-state index is 0. The van der Waals surface area contributed by atoms with Gasteiger partial charge in [0.25, 0.3) is 5.91 Å². The van der Waals surface area contributed by atoms with Gasteiger partial charge in [0, 0.05) is 18.0 Å². The summed E-state index contributed by atoms with van der Waals surface area (Å²) in [6, 6.07) is 11.9. The Kier molecular flexibility index (Phi) is 7.22. The topological polar surface area (TPSA) is 50.4 Å². The Hall–Kier alpha value is -1.56. The van der Waals surface area contributed by atoms with E-state index in [1.807, 2.05) is 43.4 Å². The van der Waals surface area contributed by atoms with Crippen molar-refractivity contribution in [2.45, 2.75) is 0 Å². The molecule has 1 aromatic carbocycles. The van der Waals surface area contributed by atoms with E-state index in [-0.39, 0.29) is 18.3 Å². The lowest BCUT2D eigenvalue weighted by Crippen LogP contribution is -2.30. The van der Waals surface area contributed by atoms with Crippen molar-refractivity contribution < 1.29 is 9.53 Å². The number of amides is 1. The molecule has 21 heavy (non-hydrogen) atoms. The van der Waals surface area contributed by atoms with Crippen LogP contribution in [0.1, 0.15) is 9.67 Å². The Morgan fingerprint density at radius 3 is 2.57 bits per heavy atom. The van der Waals surface area contributed by atoms with E-state index < -0.39 is 0 Å². The van der Waals surface area contributed by atoms with Crippen molar-refractivity contribution in [3.05, 3.63) is 41.3 Å². The van der Waals surface area contributed by atoms with Crippen molar-refractivity contribution in [1.29, 1.82) is 0 Å². The molecule has 1 heterocycles. The van der Waals surface area contributed by atoms with Gasteiger partial charge in [-0.3, -0.25) is 4.79 Å². The average molecular weight is 327 g/mol. The fourth-order valence-corrected chi connectivity index (χ4v) is 2.86. The Morgan fingerprint density at radius 2 is 1.95 bits per heavy atom. The van der Waals surface area contributed by atoms with Crippen LogP contribution >= 0.6 is 23.7 Å². The van der Waals surface area contributed by atoms with Crippen molar-refractivity contribution >= 4 is 29.7 Å². The molecular weight excluding hydrogens is 308 g/mol. The Bertz CT molecular complexity index is 572. The van der Waals surface area contributed by atoms with Gasteiger partial charge in [0.1, 0.15) is 10.6 Å². The van der Waals surface area contributed by atoms with Gasteiger partial charge in [-0.1, -0.05) is 30.3 Å². The monoisotopic (exact) mass is 326 g/mol. The van der Waals surface area contributed by atoms with Gasteiger partial charge in [0.05, 0.1) is 7.11 Å². The molecule has 0 spiro atoms. The molecule has 2 N–H and O–H groups in total. The lowest BCUT2D eigenvalue weighted by molar-refractivity contribution is 0.0955. The molecule has 0 bridgehead atoms. The van der Waals surface area contributed by atoms with Crippen LogP contribution in [0.25, 0.3) is 10.4 Å². The van der Waals surface area contributed by atoms with Gasteiger partial charge >= 0.3 is 0 Å². The molecule has 0 radical (unpaired) electrons. The number of rotatable bonds is 6. The largest absolute Gasteiger partial charge is 0.495 e. The van der Waals surface area contributed by atoms with Crippen molar-refractivity contribution in [3.63, 3.8) is 0 Å². The van der Waals surface area contributed by atoms with E-state index in [1.165, 1.54) is 11.3 Å². The number of likely N-dealkylation sites (N-methyl/N-ethyl adjacent to an activating group) is 1. The molecule has 2 aromatic rings. The first-order valence-electron chi connectivity index (χ1n) is 6.42. The first kappa shape index (κ1) is 17.5. The Labute approximate surface area is 134 Å². The summed E-state index contributed by atoms with van der Waals surface area (Å²) in [4.78, 5) is 13.8. The maximum absolute atomic E-state index is 12.1. The third-order valence-corrected chi connectivity index (χ3v) is 4.01. The van der Waals surface area contributed by atoms with Crippen LogP contribution in [-0.4, -0.2) is 33.2 Å². The van der Waals surface area contributed by atoms with E-state index in [0.29, 0.717) is 17.2 Å². The van der Waals surface area contributed by atoms with Crippen molar-refractivity contribution in [3.8, 4) is 16.2 Å². The summed E-state index contributed by atoms with van der Waals surface area (Å²) in [7, 11) is 3.44. The fourth-order valence-electron chi connectivity index (χ4n) is 1.81. The van der Waals surface area contributed by atoms with Crippen LogP contribution in [0, 0.1) is 0 Å². The Morgan fingerprint density at radius 1 is 1.24 bits per heavy atom. The van der Waals surface area contributed by atoms with Gasteiger partial charge in [-0.2, -0.15) is 0 Å². The molecule has 2 rings (SSSR count). The number of benzene rings is 1. The van der Waals surface area contributed by atoms with Crippen LogP contribution in [0.2, 0.25) is 0 Å². The second kappa shape index (κ2) is 8.67. The molecule has 6 heteroatoms. The Balaban J connectivity index is 0.00000220. The van der Waals surface area contributed by atoms with Crippen molar-refractivity contribution in [1.82, 2.24) is 10.6 Å². The van der Waals surface area contributed by atoms with Gasteiger partial charge in [0.15, 0.2) is 0 Å². The molecule has 1 aromatic heterocycles. The lowest BCUT2D eigenvalue weighted by Gasteiger charge is -2.04. The van der Waals surface area contributed by atoms with Crippen LogP contribution in [0.5, 0.6) is 5.75 Å². The first-order valence-corrected chi connectivity index (χ1v) is 7.24. The molecule has 0 aliphatic carbocycles. The summed E-state index contributed by atoms with van der Waals surface area (Å²) in [5.41, 5.74) is 1.09. The highest BCUT2D eigenvalue weighted by Gasteiger charge is 2.17. The number of ether oxygens (including phenoxy) is 1. The molecule has 0 unspecified atom stereocenters. The minimum atomic E-state index is -0.0933. The second-order valence-electron chi connectivity index (χ2n) is 4.23. The van der Waals surface area contributed by atoms with Crippen LogP contribution in [0.4, 0.5) is 0 Å². The summed E-state index contributed by atoms with van der Waals surface area (Å²) in [6.07, 6.45) is 0. The number of carbonyl (C=O) groups is 1. The predicted molar refractivity (Wildman–Crippen MR) is 89.8 cm³/mol. The van der Waals surface area contributed by atoms with Gasteiger partial charge in [-0.05, 0) is 18.7 Å². The van der Waals surface area contributed by atoms with Gasteiger partial charge in [-0.15, -0.1) is 23.7 Å². The lowest BCUT2D eigenvalue weighted by atomic mass is 10.2. The molecule has 0 saturated carbocycles. The first-order chi connectivity index (χ1) is 9.76. The quantitative estimate of drug-likeness (QED) is 0.803. The van der Waals surface area contributed by atoms with Gasteiger partial charge in [0.2, 0.25) is 0 Å². The van der Waals surface area contributed by atoms with Crippen LogP contribution in [-0.2, 0) is 0 Å². The second-order valence-corrected chi connectivity index (χ2v) is 5.29. The van der Waals surface area contributed by atoms with Crippen molar-refractivity contribution in [2.24, 2.45) is 0 Å². The van der Waals surface area contributed by atoms with E-state index in [1.54, 1.807) is 7.11 Å². The minimum Gasteiger partial charge on any atom is -0.495 e. The zero-order valence-electron chi connectivity index (χ0n) is 12.0. The number of hydrogen-bond donors (Lipinski definition) is 2. The smallest absolute Gasteiger partial charge is 0.265 e. The summed E-state index contributed by atoms with van der Waals surface area (Å²) in [5.74, 6) is 0.528. The molecule has 0 atom stereocenters. The maximum atomic E-state index is 12.1. The molecule has 0 fully saturated rings. The van der Waals surface area contributed by atoms with Crippen LogP contribution in [0.15, 0.2) is 36.4 Å². The summed E-state index contributed by atoms with van der Waals surface area (Å²) in [5, 5.41) is 5.86. The summed E-state index contributed by atoms with van der Waals surface area (Å²) < 4.78 is 5.31. The van der Waals surface area contributed by atoms with E-state index >= 15 is 0 Å². The van der Waals surface area contributed by atoms with Crippen LogP contribution < -0.4 is 15.4 Å². The highest BCUT2D eigenvalue weighted by atomic mass is 35.5. The highest BCUT2D eigenvalue weighted by Crippen LogP contribution is 2.35. The number of halogens is 1. The van der Waals surface area contributed by atoms with Gasteiger partial charge < -0.3 is 15.4 Å². The normalized spacial score (nSPS) is 9.81. The fraction of sp³-hybridized carbons (Fsp3) is 0.267. The maximum Gasteiger partial charge on any atom is 0.265 e. The van der Waals surface area contributed by atoms with E-state index in [0.717, 1.165) is 17.0 Å². The average Bonchev–Trinajstić information content (AvgIpc) is 2.92. The summed E-state index contributed by atoms with van der Waals surface area (Å²) >= 11 is 1.45. The number of nitrogens with one attached hydrogen (secondary N) is 2. The molecule has 1 amide bonds. The summed E-state index contributed by atoms with van der Waals surface area (Å²) in [6.45, 7) is 1.34. The molecule has 0 saturated heterocycles. The predicted octanol–water partition coefficient (Wildman–Crippen LogP) is 2.79. The standard InChI is InChI=1S/C15H18N2O2S.ClH/c1-16-8-9-17-15(18)14-12(19-2)10-13(20-14)11-6-4-3-5-7-11;/h3-7,10,16H,8-9H2,1-2H3,(H,17,18);1H. The highest BCUT2D eigenvalue weighted by molar-refractivity contribution is 7.17. The number of hydrogen-bond acceptors (Lipinski definition) is 4. The molecule has 114 valence electrons. The zero-order valence-corrected chi connectivity index (χ0v) is 13.6. The number of methoxy groups -OCH3 is 1. The van der Waals surface area contributed by atoms with Crippen LogP contribution in [0.3, 0.4) is 0 Å². The molecular formula is C15H19ClN2O2S. The number of carbonyl (C=O) groups excluding carboxylic acids is 1.